The van der Waals surface area contributed by atoms with E-state index in [-0.39, 0.29) is 17.2 Å². The van der Waals surface area contributed by atoms with Crippen LogP contribution in [0.2, 0.25) is 0 Å². The van der Waals surface area contributed by atoms with Gasteiger partial charge in [0.1, 0.15) is 0 Å². The molecule has 20 heavy (non-hydrogen) atoms. The topological polar surface area (TPSA) is 86.7 Å². The van der Waals surface area contributed by atoms with Gasteiger partial charge in [0.2, 0.25) is 0 Å². The number of nitrogens with zero attached hydrogens (tertiary/aromatic N) is 1. The molecule has 0 radical (unpaired) electrons. The summed E-state index contributed by atoms with van der Waals surface area (Å²) in [5.74, 6) is -1.42. The van der Waals surface area contributed by atoms with Gasteiger partial charge in [-0.05, 0) is 39.5 Å². The van der Waals surface area contributed by atoms with E-state index in [1.165, 1.54) is 13.8 Å². The lowest BCUT2D eigenvalue weighted by Crippen LogP contribution is -2.51. The second-order valence-electron chi connectivity index (χ2n) is 5.37. The minimum Gasteiger partial charge on any atom is -0.478 e. The summed E-state index contributed by atoms with van der Waals surface area (Å²) in [6.07, 6.45) is 1.98. The molecule has 112 valence electrons. The quantitative estimate of drug-likeness (QED) is 0.756. The molecule has 3 amide bonds. The summed E-state index contributed by atoms with van der Waals surface area (Å²) in [5.41, 5.74) is -0.0149. The highest BCUT2D eigenvalue weighted by molar-refractivity contribution is 6.07. The molecule has 1 heterocycles. The number of hydrogen-bond acceptors (Lipinski definition) is 3. The van der Waals surface area contributed by atoms with E-state index in [2.05, 4.69) is 12.2 Å². The van der Waals surface area contributed by atoms with Crippen LogP contribution in [0.5, 0.6) is 0 Å². The van der Waals surface area contributed by atoms with E-state index in [4.69, 9.17) is 5.11 Å². The lowest BCUT2D eigenvalue weighted by atomic mass is 9.92. The van der Waals surface area contributed by atoms with Crippen LogP contribution in [0.3, 0.4) is 0 Å². The van der Waals surface area contributed by atoms with E-state index in [9.17, 15) is 14.4 Å². The second-order valence-corrected chi connectivity index (χ2v) is 5.37. The number of hydrogen-bond donors (Lipinski definition) is 2. The van der Waals surface area contributed by atoms with Crippen molar-refractivity contribution in [2.24, 2.45) is 5.92 Å². The molecule has 2 unspecified atom stereocenters. The summed E-state index contributed by atoms with van der Waals surface area (Å²) in [7, 11) is 0. The van der Waals surface area contributed by atoms with Crippen molar-refractivity contribution in [3.8, 4) is 0 Å². The highest BCUT2D eigenvalue weighted by Crippen LogP contribution is 2.22. The zero-order valence-electron chi connectivity index (χ0n) is 12.4. The molecule has 0 aromatic rings. The molecule has 0 aromatic heterocycles. The summed E-state index contributed by atoms with van der Waals surface area (Å²) in [4.78, 5) is 36.4. The fraction of sp³-hybridized carbons (Fsp3) is 0.643. The van der Waals surface area contributed by atoms with Crippen molar-refractivity contribution in [3.63, 3.8) is 0 Å². The third-order valence-electron chi connectivity index (χ3n) is 4.08. The van der Waals surface area contributed by atoms with Gasteiger partial charge in [0.15, 0.2) is 0 Å². The van der Waals surface area contributed by atoms with Crippen LogP contribution in [0.1, 0.15) is 40.5 Å². The average Bonchev–Trinajstić information content (AvgIpc) is 2.39. The number of carbonyl (C=O) groups is 3. The molecule has 2 atom stereocenters. The maximum absolute atomic E-state index is 12.1. The number of carboxylic acid groups (broad SMARTS) is 1. The third-order valence-corrected chi connectivity index (χ3v) is 4.08. The number of amides is 3. The second kappa shape index (κ2) is 6.54. The number of aliphatic carboxylic acids is 1. The van der Waals surface area contributed by atoms with Gasteiger partial charge in [-0.2, -0.15) is 0 Å². The van der Waals surface area contributed by atoms with Gasteiger partial charge in [-0.25, -0.2) is 9.59 Å². The summed E-state index contributed by atoms with van der Waals surface area (Å²) >= 11 is 0. The Kier molecular flexibility index (Phi) is 5.30. The smallest absolute Gasteiger partial charge is 0.331 e. The molecule has 1 fully saturated rings. The number of carbonyl (C=O) groups excluding carboxylic acids is 2. The maximum Gasteiger partial charge on any atom is 0.331 e. The lowest BCUT2D eigenvalue weighted by molar-refractivity contribution is -0.133. The Morgan fingerprint density at radius 3 is 2.30 bits per heavy atom. The highest BCUT2D eigenvalue weighted by Gasteiger charge is 2.29. The predicted octanol–water partition coefficient (Wildman–Crippen LogP) is 1.76. The van der Waals surface area contributed by atoms with Gasteiger partial charge in [-0.3, -0.25) is 10.1 Å². The number of rotatable bonds is 2. The largest absolute Gasteiger partial charge is 0.478 e. The van der Waals surface area contributed by atoms with Gasteiger partial charge in [0.05, 0.1) is 0 Å². The van der Waals surface area contributed by atoms with Crippen LogP contribution in [0.4, 0.5) is 4.79 Å². The molecule has 6 nitrogen and oxygen atoms in total. The monoisotopic (exact) mass is 282 g/mol. The molecule has 2 N–H and O–H groups in total. The van der Waals surface area contributed by atoms with Crippen LogP contribution in [-0.4, -0.2) is 40.5 Å². The summed E-state index contributed by atoms with van der Waals surface area (Å²) < 4.78 is 0. The van der Waals surface area contributed by atoms with E-state index in [1.54, 1.807) is 4.90 Å². The van der Waals surface area contributed by atoms with E-state index in [1.807, 2.05) is 6.92 Å². The Bertz CT molecular complexity index is 456. The Labute approximate surface area is 118 Å². The van der Waals surface area contributed by atoms with Gasteiger partial charge in [-0.1, -0.05) is 6.92 Å². The first kappa shape index (κ1) is 16.2. The van der Waals surface area contributed by atoms with Crippen molar-refractivity contribution in [3.05, 3.63) is 11.1 Å². The van der Waals surface area contributed by atoms with Crippen LogP contribution >= 0.6 is 0 Å². The zero-order valence-corrected chi connectivity index (χ0v) is 12.4. The van der Waals surface area contributed by atoms with E-state index in [0.717, 1.165) is 12.8 Å². The molecule has 1 aliphatic rings. The fourth-order valence-corrected chi connectivity index (χ4v) is 2.22. The van der Waals surface area contributed by atoms with Crippen molar-refractivity contribution >= 4 is 17.9 Å². The van der Waals surface area contributed by atoms with Crippen LogP contribution in [0, 0.1) is 5.92 Å². The highest BCUT2D eigenvalue weighted by atomic mass is 16.4. The maximum atomic E-state index is 12.1. The third kappa shape index (κ3) is 3.59. The molecule has 1 aliphatic heterocycles. The first-order valence-electron chi connectivity index (χ1n) is 6.78. The Balaban J connectivity index is 2.73. The molecule has 1 rings (SSSR count). The van der Waals surface area contributed by atoms with E-state index >= 15 is 0 Å². The first-order chi connectivity index (χ1) is 9.25. The normalized spacial score (nSPS) is 23.9. The molecule has 0 spiro atoms. The van der Waals surface area contributed by atoms with Crippen LogP contribution < -0.4 is 5.32 Å². The van der Waals surface area contributed by atoms with Gasteiger partial charge >= 0.3 is 12.0 Å². The van der Waals surface area contributed by atoms with Crippen molar-refractivity contribution in [1.29, 1.82) is 0 Å². The number of piperidine rings is 1. The van der Waals surface area contributed by atoms with Crippen LogP contribution in [0.25, 0.3) is 0 Å². The average molecular weight is 282 g/mol. The van der Waals surface area contributed by atoms with Crippen LogP contribution in [-0.2, 0) is 9.59 Å². The molecule has 0 saturated carbocycles. The van der Waals surface area contributed by atoms with Crippen molar-refractivity contribution in [2.45, 2.75) is 46.6 Å². The predicted molar refractivity (Wildman–Crippen MR) is 74.1 cm³/mol. The molecule has 6 heteroatoms. The molecular formula is C14H22N2O4. The molecule has 1 saturated heterocycles. The minimum atomic E-state index is -1.16. The van der Waals surface area contributed by atoms with E-state index < -0.39 is 17.9 Å². The number of urea groups is 1. The van der Waals surface area contributed by atoms with Crippen molar-refractivity contribution in [1.82, 2.24) is 10.2 Å². The van der Waals surface area contributed by atoms with Gasteiger partial charge in [0, 0.05) is 23.7 Å². The molecular weight excluding hydrogens is 260 g/mol. The first-order valence-corrected chi connectivity index (χ1v) is 6.78. The van der Waals surface area contributed by atoms with Gasteiger partial charge < -0.3 is 10.0 Å². The standard InChI is InChI=1S/C14H22N2O4/c1-8-6-5-7-16(11(8)4)14(20)15-12(17)9(2)10(3)13(18)19/h8,11H,5-7H2,1-4H3,(H,18,19)(H,15,17,20). The molecule has 0 aliphatic carbocycles. The Morgan fingerprint density at radius 2 is 1.75 bits per heavy atom. The lowest BCUT2D eigenvalue weighted by Gasteiger charge is -2.37. The van der Waals surface area contributed by atoms with Gasteiger partial charge in [0.25, 0.3) is 5.91 Å². The minimum absolute atomic E-state index is 0.0450. The molecule has 0 bridgehead atoms. The van der Waals surface area contributed by atoms with Crippen LogP contribution in [0.15, 0.2) is 11.1 Å². The number of nitrogens with one attached hydrogen (secondary N) is 1. The summed E-state index contributed by atoms with van der Waals surface area (Å²) in [6, 6.07) is -0.381. The summed E-state index contributed by atoms with van der Waals surface area (Å²) in [5, 5.41) is 11.1. The fourth-order valence-electron chi connectivity index (χ4n) is 2.22. The number of imide groups is 1. The van der Waals surface area contributed by atoms with Crippen molar-refractivity contribution < 1.29 is 19.5 Å². The number of likely N-dealkylation sites (tertiary alicyclic amines) is 1. The Morgan fingerprint density at radius 1 is 1.15 bits per heavy atom. The van der Waals surface area contributed by atoms with Gasteiger partial charge in [-0.15, -0.1) is 0 Å². The SMILES string of the molecule is CC(C(=O)O)=C(C)C(=O)NC(=O)N1CCCC(C)C1C. The van der Waals surface area contributed by atoms with E-state index in [0.29, 0.717) is 12.5 Å². The van der Waals surface area contributed by atoms with Crippen molar-refractivity contribution in [2.75, 3.05) is 6.54 Å². The summed E-state index contributed by atoms with van der Waals surface area (Å²) in [6.45, 7) is 7.39. The number of carboxylic acids is 1. The molecule has 0 aromatic carbocycles. The Hall–Kier alpha value is -1.85. The zero-order chi connectivity index (χ0) is 15.4.